The summed E-state index contributed by atoms with van der Waals surface area (Å²) in [7, 11) is 0. The fourth-order valence-electron chi connectivity index (χ4n) is 2.96. The zero-order valence-corrected chi connectivity index (χ0v) is 13.8. The van der Waals surface area contributed by atoms with Crippen LogP contribution in [0.15, 0.2) is 47.6 Å². The van der Waals surface area contributed by atoms with E-state index in [1.165, 1.54) is 24.0 Å². The van der Waals surface area contributed by atoms with Crippen molar-refractivity contribution in [3.05, 3.63) is 59.4 Å². The van der Waals surface area contributed by atoms with Gasteiger partial charge in [0.2, 0.25) is 0 Å². The lowest BCUT2D eigenvalue weighted by Gasteiger charge is -2.21. The molecule has 1 aliphatic rings. The summed E-state index contributed by atoms with van der Waals surface area (Å²) in [4.78, 5) is 8.93. The summed E-state index contributed by atoms with van der Waals surface area (Å²) in [6.07, 6.45) is 5.42. The van der Waals surface area contributed by atoms with Gasteiger partial charge in [0.15, 0.2) is 5.96 Å². The number of nitrogens with zero attached hydrogens (tertiary/aromatic N) is 2. The highest BCUT2D eigenvalue weighted by atomic mass is 15.1. The first-order chi connectivity index (χ1) is 11.0. The minimum absolute atomic E-state index is 0.147. The van der Waals surface area contributed by atoms with E-state index in [1.54, 1.807) is 0 Å². The third kappa shape index (κ3) is 3.70. The average Bonchev–Trinajstić information content (AvgIpc) is 3.02. The van der Waals surface area contributed by atoms with E-state index >= 15 is 0 Å². The first-order valence-corrected chi connectivity index (χ1v) is 8.15. The van der Waals surface area contributed by atoms with Gasteiger partial charge < -0.3 is 11.1 Å². The Hall–Kier alpha value is -2.36. The number of aliphatic imine (C=N–C) groups is 1. The summed E-state index contributed by atoms with van der Waals surface area (Å²) in [5.41, 5.74) is 10.8. The van der Waals surface area contributed by atoms with Crippen LogP contribution in [0.4, 0.5) is 5.69 Å². The molecule has 0 bridgehead atoms. The molecule has 1 aromatic heterocycles. The molecule has 23 heavy (non-hydrogen) atoms. The molecular formula is C19H24N4. The quantitative estimate of drug-likeness (QED) is 0.673. The van der Waals surface area contributed by atoms with Crippen LogP contribution in [-0.2, 0) is 18.3 Å². The molecule has 3 rings (SSSR count). The number of pyridine rings is 1. The highest BCUT2D eigenvalue weighted by Gasteiger charge is 2.21. The Morgan fingerprint density at radius 2 is 2.04 bits per heavy atom. The lowest BCUT2D eigenvalue weighted by atomic mass is 9.89. The predicted molar refractivity (Wildman–Crippen MR) is 95.8 cm³/mol. The predicted octanol–water partition coefficient (Wildman–Crippen LogP) is 3.27. The van der Waals surface area contributed by atoms with Crippen molar-refractivity contribution in [1.29, 1.82) is 0 Å². The van der Waals surface area contributed by atoms with E-state index in [4.69, 9.17) is 5.73 Å². The maximum absolute atomic E-state index is 6.05. The third-order valence-corrected chi connectivity index (χ3v) is 4.37. The van der Waals surface area contributed by atoms with E-state index in [0.29, 0.717) is 12.5 Å². The maximum Gasteiger partial charge on any atom is 0.193 e. The normalized spacial score (nSPS) is 14.6. The second kappa shape index (κ2) is 6.41. The molecule has 0 saturated heterocycles. The molecule has 0 spiro atoms. The number of benzene rings is 1. The van der Waals surface area contributed by atoms with E-state index in [9.17, 15) is 0 Å². The van der Waals surface area contributed by atoms with Crippen LogP contribution in [0, 0.1) is 0 Å². The highest BCUT2D eigenvalue weighted by molar-refractivity contribution is 5.92. The van der Waals surface area contributed by atoms with E-state index in [-0.39, 0.29) is 5.41 Å². The molecule has 120 valence electrons. The maximum atomic E-state index is 6.05. The molecule has 0 radical (unpaired) electrons. The minimum Gasteiger partial charge on any atom is -0.370 e. The van der Waals surface area contributed by atoms with Gasteiger partial charge in [-0.1, -0.05) is 26.0 Å². The standard InChI is InChI=1S/C19H24N4/c1-19(2,17-8-3-4-11-21-17)13-22-18(20)23-16-10-9-14-6-5-7-15(14)12-16/h3-4,8-12H,5-7,13H2,1-2H3,(H3,20,22,23). The molecule has 0 amide bonds. The second-order valence-electron chi connectivity index (χ2n) is 6.76. The summed E-state index contributed by atoms with van der Waals surface area (Å²) >= 11 is 0. The molecule has 4 heteroatoms. The number of hydrogen-bond acceptors (Lipinski definition) is 2. The van der Waals surface area contributed by atoms with Crippen molar-refractivity contribution in [2.75, 3.05) is 11.9 Å². The van der Waals surface area contributed by atoms with Gasteiger partial charge in [-0.3, -0.25) is 9.98 Å². The Kier molecular flexibility index (Phi) is 4.33. The number of anilines is 1. The van der Waals surface area contributed by atoms with Gasteiger partial charge in [0.25, 0.3) is 0 Å². The lowest BCUT2D eigenvalue weighted by molar-refractivity contribution is 0.523. The van der Waals surface area contributed by atoms with Crippen molar-refractivity contribution < 1.29 is 0 Å². The summed E-state index contributed by atoms with van der Waals surface area (Å²) in [6, 6.07) is 12.4. The van der Waals surface area contributed by atoms with Crippen molar-refractivity contribution in [3.63, 3.8) is 0 Å². The smallest absolute Gasteiger partial charge is 0.193 e. The fourth-order valence-corrected chi connectivity index (χ4v) is 2.96. The molecule has 2 aromatic rings. The summed E-state index contributed by atoms with van der Waals surface area (Å²) in [6.45, 7) is 4.84. The summed E-state index contributed by atoms with van der Waals surface area (Å²) < 4.78 is 0. The summed E-state index contributed by atoms with van der Waals surface area (Å²) in [5, 5.41) is 3.20. The molecular weight excluding hydrogens is 284 g/mol. The van der Waals surface area contributed by atoms with Gasteiger partial charge in [0.1, 0.15) is 0 Å². The number of nitrogens with one attached hydrogen (secondary N) is 1. The molecule has 3 N–H and O–H groups in total. The molecule has 1 aromatic carbocycles. The fraction of sp³-hybridized carbons (Fsp3) is 0.368. The van der Waals surface area contributed by atoms with Crippen molar-refractivity contribution >= 4 is 11.6 Å². The van der Waals surface area contributed by atoms with E-state index in [1.807, 2.05) is 24.4 Å². The zero-order chi connectivity index (χ0) is 16.3. The number of fused-ring (bicyclic) bond motifs is 1. The molecule has 1 heterocycles. The number of aryl methyl sites for hydroxylation is 2. The van der Waals surface area contributed by atoms with Crippen LogP contribution < -0.4 is 11.1 Å². The molecule has 0 saturated carbocycles. The topological polar surface area (TPSA) is 63.3 Å². The van der Waals surface area contributed by atoms with E-state index < -0.39 is 0 Å². The Labute approximate surface area is 137 Å². The van der Waals surface area contributed by atoms with Crippen LogP contribution in [0.1, 0.15) is 37.1 Å². The zero-order valence-electron chi connectivity index (χ0n) is 13.8. The van der Waals surface area contributed by atoms with Crippen molar-refractivity contribution in [2.24, 2.45) is 10.7 Å². The first kappa shape index (κ1) is 15.5. The van der Waals surface area contributed by atoms with Crippen LogP contribution >= 0.6 is 0 Å². The molecule has 0 atom stereocenters. The number of guanidine groups is 1. The van der Waals surface area contributed by atoms with Gasteiger partial charge in [-0.05, 0) is 54.7 Å². The van der Waals surface area contributed by atoms with Gasteiger partial charge in [0, 0.05) is 23.0 Å². The number of rotatable bonds is 4. The average molecular weight is 308 g/mol. The number of aromatic nitrogens is 1. The van der Waals surface area contributed by atoms with Gasteiger partial charge in [-0.25, -0.2) is 0 Å². The Morgan fingerprint density at radius 3 is 2.83 bits per heavy atom. The van der Waals surface area contributed by atoms with Crippen molar-refractivity contribution in [1.82, 2.24) is 4.98 Å². The number of nitrogens with two attached hydrogens (primary N) is 1. The van der Waals surface area contributed by atoms with Crippen molar-refractivity contribution in [2.45, 2.75) is 38.5 Å². The molecule has 1 aliphatic carbocycles. The van der Waals surface area contributed by atoms with Gasteiger partial charge in [-0.2, -0.15) is 0 Å². The number of hydrogen-bond donors (Lipinski definition) is 2. The SMILES string of the molecule is CC(C)(CN=C(N)Nc1ccc2c(c1)CCC2)c1ccccn1. The molecule has 0 fully saturated rings. The molecule has 4 nitrogen and oxygen atoms in total. The van der Waals surface area contributed by atoms with Gasteiger partial charge in [0.05, 0.1) is 6.54 Å². The highest BCUT2D eigenvalue weighted by Crippen LogP contribution is 2.25. The Balaban J connectivity index is 1.66. The Bertz CT molecular complexity index is 705. The first-order valence-electron chi connectivity index (χ1n) is 8.15. The van der Waals surface area contributed by atoms with Crippen LogP contribution in [0.2, 0.25) is 0 Å². The molecule has 0 aliphatic heterocycles. The van der Waals surface area contributed by atoms with Gasteiger partial charge >= 0.3 is 0 Å². The van der Waals surface area contributed by atoms with E-state index in [2.05, 4.69) is 47.3 Å². The van der Waals surface area contributed by atoms with Crippen LogP contribution in [-0.4, -0.2) is 17.5 Å². The van der Waals surface area contributed by atoms with Crippen molar-refractivity contribution in [3.8, 4) is 0 Å². The monoisotopic (exact) mass is 308 g/mol. The summed E-state index contributed by atoms with van der Waals surface area (Å²) in [5.74, 6) is 0.451. The lowest BCUT2D eigenvalue weighted by Crippen LogP contribution is -2.28. The van der Waals surface area contributed by atoms with Crippen LogP contribution in [0.3, 0.4) is 0 Å². The van der Waals surface area contributed by atoms with Gasteiger partial charge in [-0.15, -0.1) is 0 Å². The largest absolute Gasteiger partial charge is 0.370 e. The third-order valence-electron chi connectivity index (χ3n) is 4.37. The van der Waals surface area contributed by atoms with E-state index in [0.717, 1.165) is 17.8 Å². The second-order valence-corrected chi connectivity index (χ2v) is 6.76. The Morgan fingerprint density at radius 1 is 1.22 bits per heavy atom. The molecule has 0 unspecified atom stereocenters. The van der Waals surface area contributed by atoms with Crippen LogP contribution in [0.5, 0.6) is 0 Å². The van der Waals surface area contributed by atoms with Crippen LogP contribution in [0.25, 0.3) is 0 Å². The minimum atomic E-state index is -0.147.